The second-order valence-corrected chi connectivity index (χ2v) is 7.57. The smallest absolute Gasteiger partial charge is 0.311 e. The van der Waals surface area contributed by atoms with Gasteiger partial charge in [-0.1, -0.05) is 30.3 Å². The van der Waals surface area contributed by atoms with Crippen LogP contribution in [0.25, 0.3) is 6.08 Å². The van der Waals surface area contributed by atoms with Gasteiger partial charge in [0.25, 0.3) is 11.8 Å². The van der Waals surface area contributed by atoms with Gasteiger partial charge in [-0.25, -0.2) is 5.43 Å². The molecule has 35 heavy (non-hydrogen) atoms. The molecule has 178 valence electrons. The van der Waals surface area contributed by atoms with Gasteiger partial charge in [0.2, 0.25) is 0 Å². The fraction of sp³-hybridized carbons (Fsp3) is 0.0800. The molecule has 0 radical (unpaired) electrons. The van der Waals surface area contributed by atoms with E-state index in [2.05, 4.69) is 15.8 Å². The van der Waals surface area contributed by atoms with Gasteiger partial charge in [-0.2, -0.15) is 5.10 Å². The normalized spacial score (nSPS) is 11.2. The first-order valence-corrected chi connectivity index (χ1v) is 10.4. The zero-order valence-corrected chi connectivity index (χ0v) is 19.0. The summed E-state index contributed by atoms with van der Waals surface area (Å²) < 4.78 is 0. The van der Waals surface area contributed by atoms with Crippen LogP contribution in [-0.2, 0) is 4.79 Å². The van der Waals surface area contributed by atoms with Crippen molar-refractivity contribution < 1.29 is 19.6 Å². The quantitative estimate of drug-likeness (QED) is 0.199. The fourth-order valence-corrected chi connectivity index (χ4v) is 2.97. The summed E-state index contributed by atoms with van der Waals surface area (Å²) in [6.45, 7) is 0. The summed E-state index contributed by atoms with van der Waals surface area (Å²) >= 11 is 0. The van der Waals surface area contributed by atoms with E-state index in [1.165, 1.54) is 18.4 Å². The third-order valence-corrected chi connectivity index (χ3v) is 4.83. The molecular weight excluding hydrogens is 450 g/mol. The Hall–Kier alpha value is -4.99. The van der Waals surface area contributed by atoms with Crippen LogP contribution in [0.1, 0.15) is 21.5 Å². The van der Waals surface area contributed by atoms with Crippen molar-refractivity contribution in [2.45, 2.75) is 0 Å². The SMILES string of the molecule is CN(C)c1ccc(/C=C(\NC(=O)c2ccccc2)C(=O)N/N=C/c2ccc(O)c([N+](=O)[O-])c2)cc1. The molecule has 0 aliphatic carbocycles. The Labute approximate surface area is 201 Å². The molecule has 3 aromatic carbocycles. The van der Waals surface area contributed by atoms with E-state index in [4.69, 9.17) is 0 Å². The van der Waals surface area contributed by atoms with Gasteiger partial charge >= 0.3 is 5.69 Å². The molecule has 0 aliphatic rings. The monoisotopic (exact) mass is 473 g/mol. The van der Waals surface area contributed by atoms with Crippen molar-refractivity contribution in [3.05, 3.63) is 105 Å². The van der Waals surface area contributed by atoms with E-state index in [9.17, 15) is 24.8 Å². The molecule has 3 aromatic rings. The number of rotatable bonds is 8. The van der Waals surface area contributed by atoms with Crippen LogP contribution in [0.15, 0.2) is 83.6 Å². The molecule has 3 N–H and O–H groups in total. The average Bonchev–Trinajstić information content (AvgIpc) is 2.85. The molecule has 0 heterocycles. The fourth-order valence-electron chi connectivity index (χ4n) is 2.97. The molecule has 0 spiro atoms. The lowest BCUT2D eigenvalue weighted by Crippen LogP contribution is -2.32. The van der Waals surface area contributed by atoms with E-state index in [0.29, 0.717) is 11.1 Å². The number of amides is 2. The van der Waals surface area contributed by atoms with Crippen molar-refractivity contribution in [1.82, 2.24) is 10.7 Å². The number of nitro groups is 1. The Morgan fingerprint density at radius 2 is 1.66 bits per heavy atom. The largest absolute Gasteiger partial charge is 0.502 e. The zero-order valence-electron chi connectivity index (χ0n) is 19.0. The summed E-state index contributed by atoms with van der Waals surface area (Å²) in [5.41, 5.74) is 4.06. The Bertz CT molecular complexity index is 1290. The van der Waals surface area contributed by atoms with Crippen molar-refractivity contribution in [3.8, 4) is 5.75 Å². The third-order valence-electron chi connectivity index (χ3n) is 4.83. The molecule has 0 bridgehead atoms. The van der Waals surface area contributed by atoms with Gasteiger partial charge in [0, 0.05) is 37.0 Å². The summed E-state index contributed by atoms with van der Waals surface area (Å²) in [5, 5.41) is 27.0. The summed E-state index contributed by atoms with van der Waals surface area (Å²) in [7, 11) is 3.81. The molecule has 2 amide bonds. The minimum Gasteiger partial charge on any atom is -0.502 e. The minimum atomic E-state index is -0.729. The molecule has 0 unspecified atom stereocenters. The van der Waals surface area contributed by atoms with Gasteiger partial charge in [0.05, 0.1) is 11.1 Å². The first kappa shape index (κ1) is 24.6. The van der Waals surface area contributed by atoms with E-state index in [-0.39, 0.29) is 11.3 Å². The van der Waals surface area contributed by atoms with Gasteiger partial charge < -0.3 is 15.3 Å². The number of carbonyl (C=O) groups is 2. The van der Waals surface area contributed by atoms with Crippen LogP contribution < -0.4 is 15.6 Å². The maximum absolute atomic E-state index is 12.8. The molecule has 10 heteroatoms. The first-order valence-electron chi connectivity index (χ1n) is 10.4. The Kier molecular flexibility index (Phi) is 7.91. The topological polar surface area (TPSA) is 137 Å². The van der Waals surface area contributed by atoms with Crippen molar-refractivity contribution in [3.63, 3.8) is 0 Å². The van der Waals surface area contributed by atoms with E-state index in [1.807, 2.05) is 31.1 Å². The van der Waals surface area contributed by atoms with Crippen molar-refractivity contribution in [2.24, 2.45) is 5.10 Å². The van der Waals surface area contributed by atoms with Crippen molar-refractivity contribution in [2.75, 3.05) is 19.0 Å². The number of carbonyl (C=O) groups excluding carboxylic acids is 2. The summed E-state index contributed by atoms with van der Waals surface area (Å²) in [5.74, 6) is -1.66. The summed E-state index contributed by atoms with van der Waals surface area (Å²) in [6.07, 6.45) is 2.70. The highest BCUT2D eigenvalue weighted by Crippen LogP contribution is 2.25. The molecule has 0 aliphatic heterocycles. The zero-order chi connectivity index (χ0) is 25.4. The number of hydrazone groups is 1. The van der Waals surface area contributed by atoms with E-state index < -0.39 is 28.2 Å². The highest BCUT2D eigenvalue weighted by molar-refractivity contribution is 6.05. The van der Waals surface area contributed by atoms with E-state index in [0.717, 1.165) is 17.8 Å². The van der Waals surface area contributed by atoms with Crippen LogP contribution in [0.4, 0.5) is 11.4 Å². The van der Waals surface area contributed by atoms with Crippen LogP contribution in [0.2, 0.25) is 0 Å². The number of benzene rings is 3. The number of hydrogen-bond donors (Lipinski definition) is 3. The molecule has 3 rings (SSSR count). The lowest BCUT2D eigenvalue weighted by Gasteiger charge is -2.12. The maximum atomic E-state index is 12.8. The lowest BCUT2D eigenvalue weighted by atomic mass is 10.1. The van der Waals surface area contributed by atoms with Crippen LogP contribution in [0.5, 0.6) is 5.75 Å². The predicted molar refractivity (Wildman–Crippen MR) is 133 cm³/mol. The highest BCUT2D eigenvalue weighted by atomic mass is 16.6. The molecule has 0 fully saturated rings. The maximum Gasteiger partial charge on any atom is 0.311 e. The molecular formula is C25H23N5O5. The predicted octanol–water partition coefficient (Wildman–Crippen LogP) is 3.29. The molecule has 0 aromatic heterocycles. The van der Waals surface area contributed by atoms with Gasteiger partial charge in [0.1, 0.15) is 5.70 Å². The molecule has 0 saturated carbocycles. The Morgan fingerprint density at radius 1 is 1.00 bits per heavy atom. The number of nitrogens with one attached hydrogen (secondary N) is 2. The standard InChI is InChI=1S/C25H23N5O5/c1-29(2)20-11-8-17(9-12-20)14-21(27-24(32)19-6-4-3-5-7-19)25(33)28-26-16-18-10-13-23(31)22(15-18)30(34)35/h3-16,31H,1-2H3,(H,27,32)(H,28,33)/b21-14-,26-16+. The van der Waals surface area contributed by atoms with Crippen LogP contribution >= 0.6 is 0 Å². The average molecular weight is 473 g/mol. The molecule has 0 atom stereocenters. The van der Waals surface area contributed by atoms with Crippen LogP contribution in [-0.4, -0.2) is 42.2 Å². The second kappa shape index (κ2) is 11.2. The summed E-state index contributed by atoms with van der Waals surface area (Å²) in [4.78, 5) is 37.7. The van der Waals surface area contributed by atoms with Gasteiger partial charge in [-0.05, 0) is 48.0 Å². The number of nitrogens with zero attached hydrogens (tertiary/aromatic N) is 3. The Morgan fingerprint density at radius 3 is 2.29 bits per heavy atom. The first-order chi connectivity index (χ1) is 16.7. The van der Waals surface area contributed by atoms with Crippen LogP contribution in [0, 0.1) is 10.1 Å². The summed E-state index contributed by atoms with van der Waals surface area (Å²) in [6, 6.07) is 19.4. The third kappa shape index (κ3) is 6.75. The van der Waals surface area contributed by atoms with E-state index in [1.54, 1.807) is 42.5 Å². The number of hydrogen-bond acceptors (Lipinski definition) is 7. The molecule has 0 saturated heterocycles. The van der Waals surface area contributed by atoms with Crippen molar-refractivity contribution >= 4 is 35.5 Å². The number of phenolic OH excluding ortho intramolecular Hbond substituents is 1. The number of phenols is 1. The van der Waals surface area contributed by atoms with E-state index >= 15 is 0 Å². The number of aromatic hydroxyl groups is 1. The van der Waals surface area contributed by atoms with Crippen molar-refractivity contribution in [1.29, 1.82) is 0 Å². The van der Waals surface area contributed by atoms with Gasteiger partial charge in [0.15, 0.2) is 5.75 Å². The Balaban J connectivity index is 1.82. The van der Waals surface area contributed by atoms with Gasteiger partial charge in [-0.15, -0.1) is 0 Å². The van der Waals surface area contributed by atoms with Gasteiger partial charge in [-0.3, -0.25) is 19.7 Å². The lowest BCUT2D eigenvalue weighted by molar-refractivity contribution is -0.385. The second-order valence-electron chi connectivity index (χ2n) is 7.57. The number of anilines is 1. The molecule has 10 nitrogen and oxygen atoms in total. The number of nitro benzene ring substituents is 1. The highest BCUT2D eigenvalue weighted by Gasteiger charge is 2.15. The van der Waals surface area contributed by atoms with Crippen LogP contribution in [0.3, 0.4) is 0 Å². The minimum absolute atomic E-state index is 0.0507.